The number of H-pyrrole nitrogens is 1. The first-order valence-electron chi connectivity index (χ1n) is 14.7. The van der Waals surface area contributed by atoms with Crippen molar-refractivity contribution in [2.24, 2.45) is 0 Å². The Kier molecular flexibility index (Phi) is 7.36. The van der Waals surface area contributed by atoms with Crippen LogP contribution in [0.5, 0.6) is 0 Å². The zero-order chi connectivity index (χ0) is 27.8. The number of carbonyl (C=O) groups excluding carboxylic acids is 1. The second-order valence-electron chi connectivity index (χ2n) is 11.7. The minimum Gasteiger partial charge on any atom is -0.368 e. The van der Waals surface area contributed by atoms with Crippen LogP contribution in [-0.4, -0.2) is 54.6 Å². The number of aromatic nitrogens is 2. The summed E-state index contributed by atoms with van der Waals surface area (Å²) in [5.74, 6) is 1.11. The molecule has 210 valence electrons. The number of amides is 1. The number of nitrogens with zero attached hydrogens (tertiary/aromatic N) is 3. The predicted molar refractivity (Wildman–Crippen MR) is 160 cm³/mol. The molecule has 0 bridgehead atoms. The van der Waals surface area contributed by atoms with Crippen LogP contribution in [0, 0.1) is 13.8 Å². The highest BCUT2D eigenvalue weighted by Gasteiger charge is 2.35. The van der Waals surface area contributed by atoms with Gasteiger partial charge >= 0.3 is 0 Å². The molecule has 0 radical (unpaired) electrons. The van der Waals surface area contributed by atoms with E-state index < -0.39 is 0 Å². The fraction of sp³-hybridized carbons (Fsp3) is 0.469. The number of aromatic amines is 1. The largest absolute Gasteiger partial charge is 0.368 e. The summed E-state index contributed by atoms with van der Waals surface area (Å²) in [7, 11) is 0. The van der Waals surface area contributed by atoms with Gasteiger partial charge in [0.15, 0.2) is 0 Å². The van der Waals surface area contributed by atoms with Crippen LogP contribution in [-0.2, 0) is 6.54 Å². The number of nitrogens with one attached hydrogen (secondary N) is 3. The van der Waals surface area contributed by atoms with Crippen LogP contribution in [0.15, 0.2) is 41.3 Å². The van der Waals surface area contributed by atoms with Crippen LogP contribution >= 0.6 is 0 Å². The van der Waals surface area contributed by atoms with Gasteiger partial charge in [0.25, 0.3) is 11.5 Å². The Morgan fingerprint density at radius 2 is 1.85 bits per heavy atom. The standard InChI is InChI=1S/C32H40N6O2/c1-20-14-22(3)36-32(40)27(20)18-35-31(39)26-15-24(23-8-9-29(34-17-23)37-12-10-33-11-13-37)16-28-30(26)21(2)19-38(28)25-6-4-5-7-25/h8-9,14-17,21,25,33H,4-7,10-13,18-19H2,1-3H3,(H,35,39)(H,36,40). The van der Waals surface area contributed by atoms with Gasteiger partial charge in [0.1, 0.15) is 5.82 Å². The zero-order valence-electron chi connectivity index (χ0n) is 23.8. The highest BCUT2D eigenvalue weighted by atomic mass is 16.1. The molecular weight excluding hydrogens is 500 g/mol. The van der Waals surface area contributed by atoms with Crippen molar-refractivity contribution in [3.8, 4) is 11.1 Å². The van der Waals surface area contributed by atoms with Crippen LogP contribution in [0.3, 0.4) is 0 Å². The third-order valence-electron chi connectivity index (χ3n) is 8.88. The van der Waals surface area contributed by atoms with Gasteiger partial charge in [-0.15, -0.1) is 0 Å². The first kappa shape index (κ1) is 26.6. The summed E-state index contributed by atoms with van der Waals surface area (Å²) < 4.78 is 0. The number of piperazine rings is 1. The summed E-state index contributed by atoms with van der Waals surface area (Å²) in [6, 6.07) is 11.0. The van der Waals surface area contributed by atoms with Gasteiger partial charge in [-0.3, -0.25) is 9.59 Å². The molecule has 1 aliphatic carbocycles. The number of benzene rings is 1. The molecule has 1 saturated heterocycles. The van der Waals surface area contributed by atoms with E-state index in [4.69, 9.17) is 4.98 Å². The summed E-state index contributed by atoms with van der Waals surface area (Å²) in [6.45, 7) is 11.0. The summed E-state index contributed by atoms with van der Waals surface area (Å²) in [5, 5.41) is 6.47. The van der Waals surface area contributed by atoms with Gasteiger partial charge in [-0.1, -0.05) is 19.8 Å². The lowest BCUT2D eigenvalue weighted by Crippen LogP contribution is -2.43. The minimum absolute atomic E-state index is 0.136. The van der Waals surface area contributed by atoms with Gasteiger partial charge in [-0.25, -0.2) is 4.98 Å². The molecule has 4 heterocycles. The number of hydrogen-bond acceptors (Lipinski definition) is 6. The molecule has 2 aliphatic heterocycles. The van der Waals surface area contributed by atoms with E-state index in [1.165, 1.54) is 31.4 Å². The Labute approximate surface area is 236 Å². The SMILES string of the molecule is Cc1cc(C)c(CNC(=O)c2cc(-c3ccc(N4CCNCC4)nc3)cc3c2C(C)CN3C2CCCC2)c(=O)[nH]1. The smallest absolute Gasteiger partial charge is 0.253 e. The van der Waals surface area contributed by atoms with Crippen molar-refractivity contribution in [2.45, 2.75) is 65.0 Å². The lowest BCUT2D eigenvalue weighted by Gasteiger charge is -2.28. The molecule has 2 aromatic heterocycles. The zero-order valence-corrected chi connectivity index (χ0v) is 23.8. The number of anilines is 2. The Hall–Kier alpha value is -3.65. The maximum atomic E-state index is 13.8. The lowest BCUT2D eigenvalue weighted by molar-refractivity contribution is 0.0949. The highest BCUT2D eigenvalue weighted by Crippen LogP contribution is 2.44. The molecule has 40 heavy (non-hydrogen) atoms. The molecule has 1 atom stereocenters. The van der Waals surface area contributed by atoms with Crippen molar-refractivity contribution in [1.82, 2.24) is 20.6 Å². The van der Waals surface area contributed by atoms with Crippen molar-refractivity contribution >= 4 is 17.4 Å². The first-order chi connectivity index (χ1) is 19.4. The summed E-state index contributed by atoms with van der Waals surface area (Å²) >= 11 is 0. The van der Waals surface area contributed by atoms with Crippen LogP contribution in [0.25, 0.3) is 11.1 Å². The van der Waals surface area contributed by atoms with Crippen LogP contribution in [0.2, 0.25) is 0 Å². The monoisotopic (exact) mass is 540 g/mol. The first-order valence-corrected chi connectivity index (χ1v) is 14.7. The molecular formula is C32H40N6O2. The van der Waals surface area contributed by atoms with E-state index in [1.807, 2.05) is 32.2 Å². The molecule has 1 aromatic carbocycles. The van der Waals surface area contributed by atoms with Crippen LogP contribution in [0.1, 0.15) is 71.3 Å². The van der Waals surface area contributed by atoms with Crippen molar-refractivity contribution in [3.63, 3.8) is 0 Å². The van der Waals surface area contributed by atoms with Crippen molar-refractivity contribution in [3.05, 3.63) is 74.8 Å². The molecule has 1 amide bonds. The molecule has 3 N–H and O–H groups in total. The van der Waals surface area contributed by atoms with E-state index in [0.29, 0.717) is 17.2 Å². The maximum Gasteiger partial charge on any atom is 0.253 e. The number of hydrogen-bond donors (Lipinski definition) is 3. The number of aryl methyl sites for hydroxylation is 2. The third kappa shape index (κ3) is 5.12. The van der Waals surface area contributed by atoms with Crippen molar-refractivity contribution in [1.29, 1.82) is 0 Å². The minimum atomic E-state index is -0.145. The van der Waals surface area contributed by atoms with Crippen LogP contribution in [0.4, 0.5) is 11.5 Å². The second kappa shape index (κ2) is 11.1. The number of pyridine rings is 2. The summed E-state index contributed by atoms with van der Waals surface area (Å²) in [6.07, 6.45) is 6.87. The summed E-state index contributed by atoms with van der Waals surface area (Å²) in [5.41, 5.74) is 7.17. The molecule has 3 aromatic rings. The lowest BCUT2D eigenvalue weighted by atomic mass is 9.92. The number of fused-ring (bicyclic) bond motifs is 1. The van der Waals surface area contributed by atoms with E-state index >= 15 is 0 Å². The van der Waals surface area contributed by atoms with E-state index in [1.54, 1.807) is 0 Å². The molecule has 2 fully saturated rings. The average molecular weight is 541 g/mol. The number of rotatable bonds is 6. The third-order valence-corrected chi connectivity index (χ3v) is 8.88. The van der Waals surface area contributed by atoms with Gasteiger partial charge in [-0.05, 0) is 73.7 Å². The Balaban J connectivity index is 1.35. The Morgan fingerprint density at radius 3 is 2.55 bits per heavy atom. The Morgan fingerprint density at radius 1 is 1.07 bits per heavy atom. The predicted octanol–water partition coefficient (Wildman–Crippen LogP) is 4.26. The van der Waals surface area contributed by atoms with Gasteiger partial charge in [0.05, 0.1) is 0 Å². The maximum absolute atomic E-state index is 13.8. The van der Waals surface area contributed by atoms with E-state index in [-0.39, 0.29) is 23.9 Å². The molecule has 8 heteroatoms. The van der Waals surface area contributed by atoms with Gasteiger partial charge in [0.2, 0.25) is 0 Å². The quantitative estimate of drug-likeness (QED) is 0.433. The van der Waals surface area contributed by atoms with Gasteiger partial charge in [-0.2, -0.15) is 0 Å². The molecule has 1 unspecified atom stereocenters. The van der Waals surface area contributed by atoms with Crippen molar-refractivity contribution in [2.75, 3.05) is 42.5 Å². The molecule has 0 spiro atoms. The fourth-order valence-electron chi connectivity index (χ4n) is 6.80. The van der Waals surface area contributed by atoms with E-state index in [2.05, 4.69) is 50.5 Å². The average Bonchev–Trinajstić information content (AvgIpc) is 3.61. The highest BCUT2D eigenvalue weighted by molar-refractivity contribution is 6.00. The van der Waals surface area contributed by atoms with Gasteiger partial charge in [0, 0.05) is 85.5 Å². The number of carbonyl (C=O) groups is 1. The normalized spacial score (nSPS) is 19.2. The fourth-order valence-corrected chi connectivity index (χ4v) is 6.80. The van der Waals surface area contributed by atoms with E-state index in [9.17, 15) is 9.59 Å². The van der Waals surface area contributed by atoms with Crippen LogP contribution < -0.4 is 26.0 Å². The topological polar surface area (TPSA) is 93.4 Å². The summed E-state index contributed by atoms with van der Waals surface area (Å²) in [4.78, 5) is 38.9. The molecule has 6 rings (SSSR count). The molecule has 8 nitrogen and oxygen atoms in total. The second-order valence-corrected chi connectivity index (χ2v) is 11.7. The van der Waals surface area contributed by atoms with Crippen molar-refractivity contribution < 1.29 is 4.79 Å². The molecule has 1 saturated carbocycles. The van der Waals surface area contributed by atoms with E-state index in [0.717, 1.165) is 66.5 Å². The molecule has 3 aliphatic rings. The van der Waals surface area contributed by atoms with Gasteiger partial charge < -0.3 is 25.4 Å². The Bertz CT molecular complexity index is 1450.